The molecule has 0 saturated carbocycles. The molecule has 108 valence electrons. The predicted molar refractivity (Wildman–Crippen MR) is 83.4 cm³/mol. The zero-order chi connectivity index (χ0) is 14.7. The Morgan fingerprint density at radius 1 is 1.00 bits per heavy atom. The van der Waals surface area contributed by atoms with E-state index in [4.69, 9.17) is 5.11 Å². The van der Waals surface area contributed by atoms with E-state index in [9.17, 15) is 4.79 Å². The van der Waals surface area contributed by atoms with Gasteiger partial charge in [0.05, 0.1) is 6.61 Å². The Morgan fingerprint density at radius 2 is 1.71 bits per heavy atom. The van der Waals surface area contributed by atoms with E-state index in [1.54, 1.807) is 0 Å². The highest BCUT2D eigenvalue weighted by atomic mass is 16.3. The summed E-state index contributed by atoms with van der Waals surface area (Å²) in [7, 11) is 0. The van der Waals surface area contributed by atoms with Crippen LogP contribution in [0.5, 0.6) is 0 Å². The number of anilines is 1. The Labute approximate surface area is 124 Å². The van der Waals surface area contributed by atoms with Crippen molar-refractivity contribution in [3.05, 3.63) is 65.2 Å². The number of ketones is 1. The van der Waals surface area contributed by atoms with Crippen molar-refractivity contribution < 1.29 is 9.90 Å². The van der Waals surface area contributed by atoms with E-state index in [1.165, 1.54) is 5.56 Å². The summed E-state index contributed by atoms with van der Waals surface area (Å²) in [6, 6.07) is 15.8. The number of hydrogen-bond donors (Lipinski definition) is 1. The third-order valence-electron chi connectivity index (χ3n) is 3.96. The van der Waals surface area contributed by atoms with Gasteiger partial charge in [-0.15, -0.1) is 0 Å². The van der Waals surface area contributed by atoms with E-state index in [1.807, 2.05) is 48.5 Å². The van der Waals surface area contributed by atoms with Crippen LogP contribution in [0.2, 0.25) is 0 Å². The van der Waals surface area contributed by atoms with Gasteiger partial charge in [-0.3, -0.25) is 4.79 Å². The Morgan fingerprint density at radius 3 is 2.48 bits per heavy atom. The first-order valence-electron chi connectivity index (χ1n) is 7.34. The quantitative estimate of drug-likeness (QED) is 0.939. The number of Topliss-reactive ketones (excluding diaryl/α,β-unsaturated/α-hetero) is 1. The molecule has 0 saturated heterocycles. The van der Waals surface area contributed by atoms with Crippen LogP contribution >= 0.6 is 0 Å². The highest BCUT2D eigenvalue weighted by Gasteiger charge is 2.20. The summed E-state index contributed by atoms with van der Waals surface area (Å²) in [5.74, 6) is 0.240. The highest BCUT2D eigenvalue weighted by Crippen LogP contribution is 2.27. The molecule has 0 aromatic heterocycles. The third kappa shape index (κ3) is 2.98. The average molecular weight is 281 g/mol. The molecule has 3 nitrogen and oxygen atoms in total. The van der Waals surface area contributed by atoms with Crippen LogP contribution in [-0.4, -0.2) is 17.4 Å². The highest BCUT2D eigenvalue weighted by molar-refractivity contribution is 6.01. The second-order valence-corrected chi connectivity index (χ2v) is 5.44. The van der Waals surface area contributed by atoms with Gasteiger partial charge in [-0.1, -0.05) is 36.4 Å². The molecule has 0 atom stereocenters. The van der Waals surface area contributed by atoms with Gasteiger partial charge in [0.25, 0.3) is 0 Å². The van der Waals surface area contributed by atoms with E-state index in [0.29, 0.717) is 6.42 Å². The second kappa shape index (κ2) is 6.10. The first-order chi connectivity index (χ1) is 10.3. The Bertz CT molecular complexity index is 634. The van der Waals surface area contributed by atoms with E-state index in [2.05, 4.69) is 4.90 Å². The van der Waals surface area contributed by atoms with Crippen LogP contribution in [0.25, 0.3) is 0 Å². The minimum atomic E-state index is 0.0708. The monoisotopic (exact) mass is 281 g/mol. The topological polar surface area (TPSA) is 40.5 Å². The summed E-state index contributed by atoms with van der Waals surface area (Å²) in [6.45, 7) is 1.75. The van der Waals surface area contributed by atoms with Gasteiger partial charge < -0.3 is 10.0 Å². The SMILES string of the molecule is O=C1CCCN(Cc2ccc(CO)cc2)c2ccccc21. The van der Waals surface area contributed by atoms with Crippen LogP contribution in [-0.2, 0) is 13.2 Å². The van der Waals surface area contributed by atoms with Gasteiger partial charge in [0.1, 0.15) is 0 Å². The number of fused-ring (bicyclic) bond motifs is 1. The molecule has 2 aromatic rings. The number of carbonyl (C=O) groups excluding carboxylic acids is 1. The molecule has 21 heavy (non-hydrogen) atoms. The molecule has 0 unspecified atom stereocenters. The Kier molecular flexibility index (Phi) is 4.02. The van der Waals surface area contributed by atoms with Gasteiger partial charge in [-0.2, -0.15) is 0 Å². The standard InChI is InChI=1S/C18H19NO2/c20-13-15-9-7-14(8-10-15)12-19-11-3-6-18(21)16-4-1-2-5-17(16)19/h1-2,4-5,7-10,20H,3,6,11-13H2. The summed E-state index contributed by atoms with van der Waals surface area (Å²) in [4.78, 5) is 14.4. The first kappa shape index (κ1) is 13.8. The van der Waals surface area contributed by atoms with Crippen molar-refractivity contribution in [2.75, 3.05) is 11.4 Å². The lowest BCUT2D eigenvalue weighted by Gasteiger charge is -2.24. The van der Waals surface area contributed by atoms with Crippen molar-refractivity contribution in [2.24, 2.45) is 0 Å². The summed E-state index contributed by atoms with van der Waals surface area (Å²) in [6.07, 6.45) is 1.51. The van der Waals surface area contributed by atoms with Gasteiger partial charge in [0, 0.05) is 30.8 Å². The second-order valence-electron chi connectivity index (χ2n) is 5.44. The molecule has 0 spiro atoms. The largest absolute Gasteiger partial charge is 0.392 e. The van der Waals surface area contributed by atoms with Crippen molar-refractivity contribution in [1.29, 1.82) is 0 Å². The third-order valence-corrected chi connectivity index (χ3v) is 3.96. The molecular weight excluding hydrogens is 262 g/mol. The fourth-order valence-electron chi connectivity index (χ4n) is 2.81. The summed E-state index contributed by atoms with van der Waals surface area (Å²) < 4.78 is 0. The maximum absolute atomic E-state index is 12.1. The van der Waals surface area contributed by atoms with Gasteiger partial charge in [0.2, 0.25) is 0 Å². The van der Waals surface area contributed by atoms with Gasteiger partial charge in [0.15, 0.2) is 5.78 Å². The molecule has 0 aliphatic carbocycles. The molecule has 2 aromatic carbocycles. The smallest absolute Gasteiger partial charge is 0.165 e. The lowest BCUT2D eigenvalue weighted by atomic mass is 10.1. The molecule has 0 bridgehead atoms. The van der Waals surface area contributed by atoms with Crippen LogP contribution in [0.15, 0.2) is 48.5 Å². The minimum absolute atomic E-state index is 0.0708. The molecule has 0 radical (unpaired) electrons. The van der Waals surface area contributed by atoms with Gasteiger partial charge >= 0.3 is 0 Å². The van der Waals surface area contributed by atoms with E-state index in [0.717, 1.165) is 36.3 Å². The molecule has 1 aliphatic rings. The first-order valence-corrected chi connectivity index (χ1v) is 7.34. The number of carbonyl (C=O) groups is 1. The molecular formula is C18H19NO2. The minimum Gasteiger partial charge on any atom is -0.392 e. The molecule has 1 aliphatic heterocycles. The van der Waals surface area contributed by atoms with Crippen LogP contribution in [0.3, 0.4) is 0 Å². The van der Waals surface area contributed by atoms with Crippen molar-refractivity contribution in [3.8, 4) is 0 Å². The zero-order valence-electron chi connectivity index (χ0n) is 12.0. The number of hydrogen-bond acceptors (Lipinski definition) is 3. The normalized spacial score (nSPS) is 14.7. The van der Waals surface area contributed by atoms with E-state index in [-0.39, 0.29) is 12.4 Å². The molecule has 3 heteroatoms. The maximum Gasteiger partial charge on any atom is 0.165 e. The number of para-hydroxylation sites is 1. The summed E-state index contributed by atoms with van der Waals surface area (Å²) in [5, 5.41) is 9.10. The van der Waals surface area contributed by atoms with Gasteiger partial charge in [-0.05, 0) is 29.7 Å². The van der Waals surface area contributed by atoms with Crippen LogP contribution < -0.4 is 4.90 Å². The number of aliphatic hydroxyl groups is 1. The molecule has 1 heterocycles. The molecule has 3 rings (SSSR count). The van der Waals surface area contributed by atoms with Crippen molar-refractivity contribution in [1.82, 2.24) is 0 Å². The Hall–Kier alpha value is -2.13. The van der Waals surface area contributed by atoms with Crippen LogP contribution in [0.4, 0.5) is 5.69 Å². The van der Waals surface area contributed by atoms with Crippen molar-refractivity contribution >= 4 is 11.5 Å². The maximum atomic E-state index is 12.1. The zero-order valence-corrected chi connectivity index (χ0v) is 12.0. The fourth-order valence-corrected chi connectivity index (χ4v) is 2.81. The van der Waals surface area contributed by atoms with E-state index < -0.39 is 0 Å². The number of benzene rings is 2. The lowest BCUT2D eigenvalue weighted by Crippen LogP contribution is -2.23. The number of rotatable bonds is 3. The van der Waals surface area contributed by atoms with Crippen molar-refractivity contribution in [2.45, 2.75) is 26.0 Å². The lowest BCUT2D eigenvalue weighted by molar-refractivity contribution is 0.0984. The summed E-state index contributed by atoms with van der Waals surface area (Å²) >= 11 is 0. The fraction of sp³-hybridized carbons (Fsp3) is 0.278. The molecule has 1 N–H and O–H groups in total. The Balaban J connectivity index is 1.87. The predicted octanol–water partition coefficient (Wildman–Crippen LogP) is 3.16. The molecule has 0 amide bonds. The summed E-state index contributed by atoms with van der Waals surface area (Å²) in [5.41, 5.74) is 3.98. The molecule has 0 fully saturated rings. The van der Waals surface area contributed by atoms with Gasteiger partial charge in [-0.25, -0.2) is 0 Å². The van der Waals surface area contributed by atoms with Crippen LogP contribution in [0, 0.1) is 0 Å². The van der Waals surface area contributed by atoms with E-state index >= 15 is 0 Å². The van der Waals surface area contributed by atoms with Crippen LogP contribution in [0.1, 0.15) is 34.3 Å². The number of aliphatic hydroxyl groups excluding tert-OH is 1. The van der Waals surface area contributed by atoms with Crippen molar-refractivity contribution in [3.63, 3.8) is 0 Å². The number of nitrogens with zero attached hydrogens (tertiary/aromatic N) is 1. The average Bonchev–Trinajstić information content (AvgIpc) is 2.69.